The number of fused-ring (bicyclic) bond motifs is 1. The predicted molar refractivity (Wildman–Crippen MR) is 65.0 cm³/mol. The fourth-order valence-electron chi connectivity index (χ4n) is 2.28. The van der Waals surface area contributed by atoms with Crippen LogP contribution in [0, 0.1) is 0 Å². The lowest BCUT2D eigenvalue weighted by atomic mass is 10.1. The molecule has 1 fully saturated rings. The molecular weight excluding hydrogens is 270 g/mol. The molecule has 10 nitrogen and oxygen atoms in total. The summed E-state index contributed by atoms with van der Waals surface area (Å²) in [5.74, 6) is 0.327. The first kappa shape index (κ1) is 13.4. The molecule has 5 atom stereocenters. The molecule has 1 aromatic heterocycles. The van der Waals surface area contributed by atoms with E-state index in [1.54, 1.807) is 0 Å². The maximum Gasteiger partial charge on any atom is 0.183 e. The minimum absolute atomic E-state index is 0.147. The van der Waals surface area contributed by atoms with Crippen LogP contribution in [-0.2, 0) is 4.74 Å². The minimum atomic E-state index is -1.27. The van der Waals surface area contributed by atoms with E-state index >= 15 is 0 Å². The molecule has 20 heavy (non-hydrogen) atoms. The number of ether oxygens (including phenoxy) is 1. The fraction of sp³-hybridized carbons (Fsp3) is 0.700. The Labute approximate surface area is 113 Å². The van der Waals surface area contributed by atoms with Crippen LogP contribution in [0.25, 0.3) is 0 Å². The molecule has 2 aliphatic heterocycles. The van der Waals surface area contributed by atoms with Crippen molar-refractivity contribution in [3.8, 4) is 0 Å². The minimum Gasteiger partial charge on any atom is -0.394 e. The van der Waals surface area contributed by atoms with Gasteiger partial charge >= 0.3 is 0 Å². The highest BCUT2D eigenvalue weighted by Gasteiger charge is 2.45. The number of rotatable bonds is 2. The van der Waals surface area contributed by atoms with Crippen LogP contribution in [-0.4, -0.2) is 73.2 Å². The topological polar surface area (TPSA) is 145 Å². The molecule has 0 aliphatic carbocycles. The highest BCUT2D eigenvalue weighted by molar-refractivity contribution is 5.76. The highest BCUT2D eigenvalue weighted by atomic mass is 16.6. The zero-order valence-electron chi connectivity index (χ0n) is 10.4. The van der Waals surface area contributed by atoms with Crippen molar-refractivity contribution in [2.24, 2.45) is 4.99 Å². The van der Waals surface area contributed by atoms with E-state index in [9.17, 15) is 15.3 Å². The Balaban J connectivity index is 1.94. The fourth-order valence-corrected chi connectivity index (χ4v) is 2.28. The first-order valence-corrected chi connectivity index (χ1v) is 6.14. The van der Waals surface area contributed by atoms with Crippen LogP contribution in [0.5, 0.6) is 0 Å². The lowest BCUT2D eigenvalue weighted by Crippen LogP contribution is -2.33. The van der Waals surface area contributed by atoms with Crippen molar-refractivity contribution in [3.05, 3.63) is 5.69 Å². The van der Waals surface area contributed by atoms with E-state index in [4.69, 9.17) is 9.84 Å². The van der Waals surface area contributed by atoms with Crippen LogP contribution in [0.3, 0.4) is 0 Å². The van der Waals surface area contributed by atoms with Gasteiger partial charge in [0.2, 0.25) is 0 Å². The molecule has 3 heterocycles. The van der Waals surface area contributed by atoms with Gasteiger partial charge in [-0.05, 0) is 0 Å². The number of hydrogen-bond acceptors (Lipinski definition) is 9. The number of hydrogen-bond donors (Lipinski definition) is 5. The van der Waals surface area contributed by atoms with E-state index in [1.165, 1.54) is 11.0 Å². The van der Waals surface area contributed by atoms with Gasteiger partial charge in [-0.2, -0.15) is 4.68 Å². The quantitative estimate of drug-likeness (QED) is 0.397. The maximum absolute atomic E-state index is 9.97. The molecule has 2 aliphatic rings. The summed E-state index contributed by atoms with van der Waals surface area (Å²) in [6.07, 6.45) is -3.94. The second-order valence-electron chi connectivity index (χ2n) is 4.65. The SMILES string of the molecule is OC[C@H]1O[C@@H](n2nnc3c2NC=NC[C@@H]3O)[C@H](O)[C@@H]1O. The Bertz CT molecular complexity index is 520. The number of aliphatic hydroxyl groups is 4. The van der Waals surface area contributed by atoms with Gasteiger partial charge in [0.15, 0.2) is 12.0 Å². The van der Waals surface area contributed by atoms with Crippen molar-refractivity contribution < 1.29 is 25.2 Å². The summed E-state index contributed by atoms with van der Waals surface area (Å²) < 4.78 is 6.59. The first-order chi connectivity index (χ1) is 9.63. The normalized spacial score (nSPS) is 36.5. The van der Waals surface area contributed by atoms with Gasteiger partial charge in [0.25, 0.3) is 0 Å². The van der Waals surface area contributed by atoms with Gasteiger partial charge in [-0.25, -0.2) is 0 Å². The molecule has 3 rings (SSSR count). The summed E-state index contributed by atoms with van der Waals surface area (Å²) in [5.41, 5.74) is 0.278. The molecule has 5 N–H and O–H groups in total. The summed E-state index contributed by atoms with van der Waals surface area (Å²) in [5, 5.41) is 49.1. The van der Waals surface area contributed by atoms with Gasteiger partial charge in [0.05, 0.1) is 19.5 Å². The summed E-state index contributed by atoms with van der Waals surface area (Å²) in [6, 6.07) is 0. The van der Waals surface area contributed by atoms with E-state index in [-0.39, 0.29) is 12.2 Å². The lowest BCUT2D eigenvalue weighted by molar-refractivity contribution is -0.0582. The van der Waals surface area contributed by atoms with Gasteiger partial charge in [0.1, 0.15) is 30.1 Å². The Hall–Kier alpha value is -1.59. The van der Waals surface area contributed by atoms with E-state index in [0.717, 1.165) is 0 Å². The molecule has 10 heteroatoms. The number of aliphatic imine (C=N–C) groups is 1. The van der Waals surface area contributed by atoms with Crippen molar-refractivity contribution in [1.29, 1.82) is 0 Å². The van der Waals surface area contributed by atoms with Crippen molar-refractivity contribution >= 4 is 12.2 Å². The number of nitrogens with zero attached hydrogens (tertiary/aromatic N) is 4. The lowest BCUT2D eigenvalue weighted by Gasteiger charge is -2.17. The Morgan fingerprint density at radius 3 is 2.85 bits per heavy atom. The van der Waals surface area contributed by atoms with E-state index in [1.807, 2.05) is 0 Å². The Morgan fingerprint density at radius 2 is 2.15 bits per heavy atom. The second-order valence-corrected chi connectivity index (χ2v) is 4.65. The summed E-state index contributed by atoms with van der Waals surface area (Å²) in [4.78, 5) is 3.91. The smallest absolute Gasteiger partial charge is 0.183 e. The molecule has 0 bridgehead atoms. The molecule has 1 saturated heterocycles. The Kier molecular flexibility index (Phi) is 3.40. The summed E-state index contributed by atoms with van der Waals surface area (Å²) in [6.45, 7) is -0.280. The van der Waals surface area contributed by atoms with Crippen LogP contribution >= 0.6 is 0 Å². The molecule has 0 aromatic carbocycles. The van der Waals surface area contributed by atoms with Crippen LogP contribution in [0.1, 0.15) is 18.0 Å². The summed E-state index contributed by atoms with van der Waals surface area (Å²) in [7, 11) is 0. The average Bonchev–Trinajstić information content (AvgIpc) is 2.92. The molecular formula is C10H15N5O5. The summed E-state index contributed by atoms with van der Waals surface area (Å²) >= 11 is 0. The molecule has 0 spiro atoms. The van der Waals surface area contributed by atoms with Crippen LogP contribution in [0.15, 0.2) is 4.99 Å². The van der Waals surface area contributed by atoms with Crippen LogP contribution in [0.4, 0.5) is 5.82 Å². The third-order valence-corrected chi connectivity index (χ3v) is 3.37. The predicted octanol–water partition coefficient (Wildman–Crippen LogP) is -2.62. The molecule has 0 radical (unpaired) electrons. The number of anilines is 1. The van der Waals surface area contributed by atoms with Crippen molar-refractivity contribution in [2.75, 3.05) is 18.5 Å². The van der Waals surface area contributed by atoms with Gasteiger partial charge < -0.3 is 30.5 Å². The first-order valence-electron chi connectivity index (χ1n) is 6.14. The highest BCUT2D eigenvalue weighted by Crippen LogP contribution is 2.33. The number of nitrogens with one attached hydrogen (secondary N) is 1. The molecule has 0 saturated carbocycles. The largest absolute Gasteiger partial charge is 0.394 e. The second kappa shape index (κ2) is 5.07. The van der Waals surface area contributed by atoms with E-state index in [2.05, 4.69) is 20.6 Å². The third-order valence-electron chi connectivity index (χ3n) is 3.37. The van der Waals surface area contributed by atoms with Gasteiger partial charge in [-0.1, -0.05) is 5.21 Å². The molecule has 110 valence electrons. The maximum atomic E-state index is 9.97. The molecule has 0 amide bonds. The van der Waals surface area contributed by atoms with E-state index < -0.39 is 37.3 Å². The average molecular weight is 285 g/mol. The number of aliphatic hydroxyl groups excluding tert-OH is 4. The van der Waals surface area contributed by atoms with Crippen LogP contribution < -0.4 is 5.32 Å². The molecule has 1 aromatic rings. The monoisotopic (exact) mass is 285 g/mol. The van der Waals surface area contributed by atoms with Crippen molar-refractivity contribution in [2.45, 2.75) is 30.6 Å². The van der Waals surface area contributed by atoms with Crippen molar-refractivity contribution in [3.63, 3.8) is 0 Å². The van der Waals surface area contributed by atoms with Crippen molar-refractivity contribution in [1.82, 2.24) is 15.0 Å². The van der Waals surface area contributed by atoms with Gasteiger partial charge in [-0.15, -0.1) is 5.10 Å². The molecule has 0 unspecified atom stereocenters. The Morgan fingerprint density at radius 1 is 1.35 bits per heavy atom. The third kappa shape index (κ3) is 1.98. The van der Waals surface area contributed by atoms with Crippen LogP contribution in [0.2, 0.25) is 0 Å². The number of aromatic nitrogens is 3. The van der Waals surface area contributed by atoms with Gasteiger partial charge in [0, 0.05) is 0 Å². The standard InChI is InChI=1S/C10H15N5O5/c16-2-5-7(18)8(19)10(20-5)15-9-6(13-14-15)4(17)1-11-3-12-9/h3-5,7-8,10,16-19H,1-2H2,(H,11,12)/t4-,5+,7+,8+,10+/m0/s1. The zero-order chi connectivity index (χ0) is 14.3. The zero-order valence-corrected chi connectivity index (χ0v) is 10.4. The van der Waals surface area contributed by atoms with E-state index in [0.29, 0.717) is 5.82 Å². The van der Waals surface area contributed by atoms with Gasteiger partial charge in [-0.3, -0.25) is 4.99 Å².